The van der Waals surface area contributed by atoms with Crippen LogP contribution in [0.3, 0.4) is 0 Å². The van der Waals surface area contributed by atoms with Gasteiger partial charge >= 0.3 is 0 Å². The van der Waals surface area contributed by atoms with Crippen molar-refractivity contribution in [3.8, 4) is 6.07 Å². The maximum Gasteiger partial charge on any atom is 0.241 e. The average Bonchev–Trinajstić information content (AvgIpc) is 3.23. The van der Waals surface area contributed by atoms with E-state index in [1.54, 1.807) is 6.20 Å². The Kier molecular flexibility index (Phi) is 3.25. The van der Waals surface area contributed by atoms with Gasteiger partial charge in [0.05, 0.1) is 17.7 Å². The van der Waals surface area contributed by atoms with Crippen molar-refractivity contribution < 1.29 is 9.53 Å². The highest BCUT2D eigenvalue weighted by Gasteiger charge is 2.65. The number of amides is 1. The second kappa shape index (κ2) is 5.54. The number of carbonyl (C=O) groups excluding carboxylic acids is 1. The lowest BCUT2D eigenvalue weighted by Crippen LogP contribution is -2.54. The van der Waals surface area contributed by atoms with Gasteiger partial charge in [0, 0.05) is 11.9 Å². The second-order valence-electron chi connectivity index (χ2n) is 6.74. The number of pyridine rings is 1. The third-order valence-corrected chi connectivity index (χ3v) is 5.54. The van der Waals surface area contributed by atoms with E-state index in [9.17, 15) is 10.1 Å². The fourth-order valence-electron chi connectivity index (χ4n) is 4.48. The van der Waals surface area contributed by atoms with Gasteiger partial charge in [0.1, 0.15) is 17.1 Å². The molecule has 3 aliphatic heterocycles. The van der Waals surface area contributed by atoms with Crippen LogP contribution in [-0.2, 0) is 14.9 Å². The molecule has 134 valence electrons. The van der Waals surface area contributed by atoms with Crippen LogP contribution in [0.2, 0.25) is 0 Å². The zero-order valence-corrected chi connectivity index (χ0v) is 14.1. The van der Waals surface area contributed by atoms with Gasteiger partial charge in [-0.25, -0.2) is 10.9 Å². The number of nitrogens with zero attached hydrogens (tertiary/aromatic N) is 2. The van der Waals surface area contributed by atoms with Crippen LogP contribution in [0, 0.1) is 17.2 Å². The largest absolute Gasteiger partial charge is 0.458 e. The van der Waals surface area contributed by atoms with Gasteiger partial charge in [0.2, 0.25) is 11.8 Å². The first kappa shape index (κ1) is 15.8. The molecule has 0 aliphatic carbocycles. The van der Waals surface area contributed by atoms with Gasteiger partial charge in [-0.15, -0.1) is 0 Å². The molecular weight excluding hydrogens is 344 g/mol. The fraction of sp³-hybridized carbons (Fsp3) is 0.211. The molecule has 1 spiro atoms. The molecule has 1 saturated heterocycles. The number of hydrogen-bond donors (Lipinski definition) is 4. The number of para-hydroxylation sites is 1. The molecule has 5 N–H and O–H groups in total. The summed E-state index contributed by atoms with van der Waals surface area (Å²) in [6, 6.07) is 14.7. The van der Waals surface area contributed by atoms with Gasteiger partial charge in [-0.1, -0.05) is 24.3 Å². The van der Waals surface area contributed by atoms with Gasteiger partial charge in [-0.3, -0.25) is 9.78 Å². The van der Waals surface area contributed by atoms with E-state index in [4.69, 9.17) is 10.5 Å². The maximum absolute atomic E-state index is 13.4. The molecule has 8 nitrogen and oxygen atoms in total. The Morgan fingerprint density at radius 2 is 2.00 bits per heavy atom. The first-order valence-corrected chi connectivity index (χ1v) is 8.58. The summed E-state index contributed by atoms with van der Waals surface area (Å²) in [5, 5.41) is 12.8. The lowest BCUT2D eigenvalue weighted by Gasteiger charge is -2.41. The summed E-state index contributed by atoms with van der Waals surface area (Å²) in [6.07, 6.45) is 1.10. The number of benzene rings is 1. The summed E-state index contributed by atoms with van der Waals surface area (Å²) in [5.74, 6) is -0.785. The number of aromatic nitrogens is 1. The van der Waals surface area contributed by atoms with Crippen molar-refractivity contribution in [3.63, 3.8) is 0 Å². The Hall–Kier alpha value is -3.41. The van der Waals surface area contributed by atoms with Crippen LogP contribution in [0.5, 0.6) is 0 Å². The highest BCUT2D eigenvalue weighted by atomic mass is 16.5. The summed E-state index contributed by atoms with van der Waals surface area (Å²) in [6.45, 7) is 0. The number of nitrogens with one attached hydrogen (secondary N) is 3. The molecule has 5 rings (SSSR count). The van der Waals surface area contributed by atoms with E-state index in [1.165, 1.54) is 0 Å². The molecule has 0 radical (unpaired) electrons. The van der Waals surface area contributed by atoms with Crippen LogP contribution < -0.4 is 21.9 Å². The Morgan fingerprint density at radius 1 is 1.19 bits per heavy atom. The van der Waals surface area contributed by atoms with E-state index in [0.717, 1.165) is 11.3 Å². The average molecular weight is 360 g/mol. The van der Waals surface area contributed by atoms with E-state index < -0.39 is 17.6 Å². The molecule has 3 aliphatic rings. The van der Waals surface area contributed by atoms with Crippen molar-refractivity contribution in [2.75, 3.05) is 5.32 Å². The van der Waals surface area contributed by atoms with Gasteiger partial charge in [-0.05, 0) is 23.8 Å². The zero-order valence-electron chi connectivity index (χ0n) is 14.1. The second-order valence-corrected chi connectivity index (χ2v) is 6.74. The molecule has 0 saturated carbocycles. The van der Waals surface area contributed by atoms with Crippen molar-refractivity contribution in [1.82, 2.24) is 15.8 Å². The van der Waals surface area contributed by atoms with Crippen LogP contribution >= 0.6 is 0 Å². The summed E-state index contributed by atoms with van der Waals surface area (Å²) in [4.78, 5) is 17.8. The third-order valence-electron chi connectivity index (χ3n) is 5.54. The number of fused-ring (bicyclic) bond motifs is 4. The molecule has 2 aromatic rings. The van der Waals surface area contributed by atoms with Crippen LogP contribution in [-0.4, -0.2) is 17.1 Å². The van der Waals surface area contributed by atoms with Crippen LogP contribution in [0.15, 0.2) is 60.1 Å². The van der Waals surface area contributed by atoms with E-state index >= 15 is 0 Å². The first-order valence-electron chi connectivity index (χ1n) is 8.58. The highest BCUT2D eigenvalue weighted by molar-refractivity contribution is 6.10. The molecule has 0 bridgehead atoms. The molecule has 8 heteroatoms. The van der Waals surface area contributed by atoms with Crippen molar-refractivity contribution in [2.24, 2.45) is 11.7 Å². The molecule has 27 heavy (non-hydrogen) atoms. The predicted molar refractivity (Wildman–Crippen MR) is 95.2 cm³/mol. The van der Waals surface area contributed by atoms with Crippen LogP contribution in [0.1, 0.15) is 17.3 Å². The Balaban J connectivity index is 1.79. The number of hydrogen-bond acceptors (Lipinski definition) is 7. The van der Waals surface area contributed by atoms with E-state index in [0.29, 0.717) is 5.69 Å². The number of nitrogens with two attached hydrogens (primary N) is 1. The molecule has 4 atom stereocenters. The lowest BCUT2D eigenvalue weighted by atomic mass is 9.62. The predicted octanol–water partition coefficient (Wildman–Crippen LogP) is 0.787. The summed E-state index contributed by atoms with van der Waals surface area (Å²) >= 11 is 0. The molecule has 1 amide bonds. The van der Waals surface area contributed by atoms with Crippen molar-refractivity contribution in [1.29, 1.82) is 5.26 Å². The molecule has 1 aromatic heterocycles. The molecule has 4 heterocycles. The topological polar surface area (TPSA) is 125 Å². The highest BCUT2D eigenvalue weighted by Crippen LogP contribution is 2.56. The maximum atomic E-state index is 13.4. The number of ether oxygens (including phenoxy) is 1. The van der Waals surface area contributed by atoms with Gasteiger partial charge in [0.15, 0.2) is 6.23 Å². The minimum atomic E-state index is -1.27. The van der Waals surface area contributed by atoms with Crippen LogP contribution in [0.4, 0.5) is 5.69 Å². The number of hydrazine groups is 1. The first-order chi connectivity index (χ1) is 13.2. The number of rotatable bonds is 1. The lowest BCUT2D eigenvalue weighted by molar-refractivity contribution is -0.124. The summed E-state index contributed by atoms with van der Waals surface area (Å²) in [7, 11) is 0. The summed E-state index contributed by atoms with van der Waals surface area (Å²) < 4.78 is 5.77. The van der Waals surface area contributed by atoms with Crippen molar-refractivity contribution in [2.45, 2.75) is 17.7 Å². The van der Waals surface area contributed by atoms with Gasteiger partial charge in [-0.2, -0.15) is 5.26 Å². The SMILES string of the molecule is N#CC1=C(N)OC2NNC(c3ccccn3)C2C12C(=O)Nc1ccccc12. The van der Waals surface area contributed by atoms with Crippen molar-refractivity contribution in [3.05, 3.63) is 71.4 Å². The smallest absolute Gasteiger partial charge is 0.241 e. The standard InChI is InChI=1S/C19H16N6O2/c20-9-11-16(21)27-17-14(15(24-25-17)13-7-3-4-8-22-13)19(11)10-5-1-2-6-12(10)23-18(19)26/h1-8,14-15,17,24-25H,21H2,(H,23,26). The zero-order chi connectivity index (χ0) is 18.6. The molecule has 1 aromatic carbocycles. The third kappa shape index (κ3) is 1.92. The molecule has 1 fully saturated rings. The molecular formula is C19H16N6O2. The van der Waals surface area contributed by atoms with Gasteiger partial charge in [0.25, 0.3) is 0 Å². The fourth-order valence-corrected chi connectivity index (χ4v) is 4.48. The van der Waals surface area contributed by atoms with E-state index in [-0.39, 0.29) is 23.4 Å². The van der Waals surface area contributed by atoms with Crippen molar-refractivity contribution >= 4 is 11.6 Å². The number of nitriles is 1. The Morgan fingerprint density at radius 3 is 2.78 bits per heavy atom. The van der Waals surface area contributed by atoms with Crippen LogP contribution in [0.25, 0.3) is 0 Å². The Bertz CT molecular complexity index is 1010. The molecule has 4 unspecified atom stereocenters. The summed E-state index contributed by atoms with van der Waals surface area (Å²) in [5.41, 5.74) is 13.3. The minimum absolute atomic E-state index is 0.0402. The monoisotopic (exact) mass is 360 g/mol. The van der Waals surface area contributed by atoms with Gasteiger partial charge < -0.3 is 15.8 Å². The number of anilines is 1. The van der Waals surface area contributed by atoms with E-state index in [2.05, 4.69) is 27.2 Å². The Labute approximate surface area is 155 Å². The quantitative estimate of drug-likeness (QED) is 0.592. The minimum Gasteiger partial charge on any atom is -0.458 e. The number of carbonyl (C=O) groups is 1. The van der Waals surface area contributed by atoms with E-state index in [1.807, 2.05) is 42.5 Å². The normalized spacial score (nSPS) is 31.1.